The van der Waals surface area contributed by atoms with E-state index in [4.69, 9.17) is 9.47 Å². The van der Waals surface area contributed by atoms with Crippen molar-refractivity contribution >= 4 is 11.7 Å². The maximum Gasteiger partial charge on any atom is 0.410 e. The molecule has 0 saturated heterocycles. The first-order chi connectivity index (χ1) is 12.8. The van der Waals surface area contributed by atoms with Gasteiger partial charge in [0.2, 0.25) is 0 Å². The summed E-state index contributed by atoms with van der Waals surface area (Å²) in [6.07, 6.45) is 2.67. The Labute approximate surface area is 161 Å². The highest BCUT2D eigenvalue weighted by molar-refractivity contribution is 5.73. The lowest BCUT2D eigenvalue weighted by molar-refractivity contribution is 0.0270. The minimum atomic E-state index is -0.464. The topological polar surface area (TPSA) is 38.8 Å². The average molecular weight is 365 g/mol. The standard InChI is InChI=1S/C23H27NO3/c1-17-5-9-20(10-6-17)26-21-11-7-18(8-12-21)19-13-15-24(16-14-19)22(25)27-23(2,3)4/h5-13H,14-16H2,1-4H3. The molecular formula is C23H27NO3. The van der Waals surface area contributed by atoms with Gasteiger partial charge in [-0.2, -0.15) is 0 Å². The summed E-state index contributed by atoms with van der Waals surface area (Å²) in [6.45, 7) is 8.96. The number of benzene rings is 2. The van der Waals surface area contributed by atoms with Gasteiger partial charge in [0.1, 0.15) is 17.1 Å². The van der Waals surface area contributed by atoms with Gasteiger partial charge >= 0.3 is 6.09 Å². The lowest BCUT2D eigenvalue weighted by Crippen LogP contribution is -2.39. The third-order valence-electron chi connectivity index (χ3n) is 4.34. The second-order valence-electron chi connectivity index (χ2n) is 7.85. The van der Waals surface area contributed by atoms with Gasteiger partial charge in [0.25, 0.3) is 0 Å². The van der Waals surface area contributed by atoms with E-state index >= 15 is 0 Å². The molecule has 0 N–H and O–H groups in total. The number of aryl methyl sites for hydroxylation is 1. The lowest BCUT2D eigenvalue weighted by Gasteiger charge is -2.29. The quantitative estimate of drug-likeness (QED) is 0.689. The predicted octanol–water partition coefficient (Wildman–Crippen LogP) is 5.81. The van der Waals surface area contributed by atoms with Crippen molar-refractivity contribution < 1.29 is 14.3 Å². The lowest BCUT2D eigenvalue weighted by atomic mass is 9.99. The summed E-state index contributed by atoms with van der Waals surface area (Å²) < 4.78 is 11.3. The minimum absolute atomic E-state index is 0.250. The molecule has 0 spiro atoms. The second-order valence-corrected chi connectivity index (χ2v) is 7.85. The molecule has 0 unspecified atom stereocenters. The molecule has 4 heteroatoms. The summed E-state index contributed by atoms with van der Waals surface area (Å²) in [5.74, 6) is 1.65. The molecule has 1 aliphatic rings. The average Bonchev–Trinajstić information content (AvgIpc) is 2.63. The largest absolute Gasteiger partial charge is 0.457 e. The Hall–Kier alpha value is -2.75. The Balaban J connectivity index is 1.61. The molecule has 0 radical (unpaired) electrons. The highest BCUT2D eigenvalue weighted by Gasteiger charge is 2.23. The number of ether oxygens (including phenoxy) is 2. The van der Waals surface area contributed by atoms with Gasteiger partial charge in [-0.1, -0.05) is 35.9 Å². The number of nitrogens with zero attached hydrogens (tertiary/aromatic N) is 1. The number of carbonyl (C=O) groups excluding carboxylic acids is 1. The van der Waals surface area contributed by atoms with Crippen molar-refractivity contribution in [3.8, 4) is 11.5 Å². The van der Waals surface area contributed by atoms with E-state index in [2.05, 4.69) is 25.1 Å². The summed E-state index contributed by atoms with van der Waals surface area (Å²) in [5.41, 5.74) is 3.16. The highest BCUT2D eigenvalue weighted by atomic mass is 16.6. The molecule has 0 aromatic heterocycles. The monoisotopic (exact) mass is 365 g/mol. The Morgan fingerprint density at radius 3 is 2.07 bits per heavy atom. The smallest absolute Gasteiger partial charge is 0.410 e. The molecule has 0 aliphatic carbocycles. The normalized spacial score (nSPS) is 14.5. The minimum Gasteiger partial charge on any atom is -0.457 e. The molecule has 3 rings (SSSR count). The molecule has 142 valence electrons. The summed E-state index contributed by atoms with van der Waals surface area (Å²) >= 11 is 0. The second kappa shape index (κ2) is 7.87. The van der Waals surface area contributed by atoms with Gasteiger partial charge in [-0.25, -0.2) is 4.79 Å². The predicted molar refractivity (Wildman–Crippen MR) is 108 cm³/mol. The Morgan fingerprint density at radius 2 is 1.56 bits per heavy atom. The van der Waals surface area contributed by atoms with Crippen LogP contribution in [0.15, 0.2) is 54.6 Å². The Bertz CT molecular complexity index is 814. The van der Waals surface area contributed by atoms with Gasteiger partial charge in [0.05, 0.1) is 0 Å². The van der Waals surface area contributed by atoms with Crippen LogP contribution in [0.2, 0.25) is 0 Å². The highest BCUT2D eigenvalue weighted by Crippen LogP contribution is 2.27. The van der Waals surface area contributed by atoms with Crippen molar-refractivity contribution in [2.24, 2.45) is 0 Å². The van der Waals surface area contributed by atoms with E-state index in [-0.39, 0.29) is 6.09 Å². The summed E-state index contributed by atoms with van der Waals surface area (Å²) in [4.78, 5) is 13.9. The van der Waals surface area contributed by atoms with Gasteiger partial charge in [-0.3, -0.25) is 0 Å². The van der Waals surface area contributed by atoms with E-state index in [1.54, 1.807) is 4.90 Å². The molecule has 1 heterocycles. The Morgan fingerprint density at radius 1 is 0.963 bits per heavy atom. The Kier molecular flexibility index (Phi) is 5.54. The van der Waals surface area contributed by atoms with Crippen LogP contribution < -0.4 is 4.74 Å². The van der Waals surface area contributed by atoms with Crippen LogP contribution in [0.1, 0.15) is 38.3 Å². The molecule has 1 amide bonds. The molecule has 27 heavy (non-hydrogen) atoms. The molecule has 2 aromatic rings. The van der Waals surface area contributed by atoms with Crippen LogP contribution in [-0.2, 0) is 4.74 Å². The fraction of sp³-hybridized carbons (Fsp3) is 0.348. The van der Waals surface area contributed by atoms with Crippen LogP contribution in [0, 0.1) is 6.92 Å². The number of rotatable bonds is 3. The molecule has 0 bridgehead atoms. The van der Waals surface area contributed by atoms with Gasteiger partial charge in [-0.05, 0) is 69.5 Å². The SMILES string of the molecule is Cc1ccc(Oc2ccc(C3=CCN(C(=O)OC(C)(C)C)CC3)cc2)cc1. The summed E-state index contributed by atoms with van der Waals surface area (Å²) in [6, 6.07) is 16.1. The van der Waals surface area contributed by atoms with E-state index in [0.29, 0.717) is 13.1 Å². The van der Waals surface area contributed by atoms with Gasteiger partial charge < -0.3 is 14.4 Å². The van der Waals surface area contributed by atoms with Gasteiger partial charge in [0.15, 0.2) is 0 Å². The van der Waals surface area contributed by atoms with Crippen LogP contribution in [0.25, 0.3) is 5.57 Å². The molecule has 2 aromatic carbocycles. The first-order valence-electron chi connectivity index (χ1n) is 9.32. The van der Waals surface area contributed by atoms with Crippen molar-refractivity contribution in [1.82, 2.24) is 4.90 Å². The zero-order valence-corrected chi connectivity index (χ0v) is 16.5. The van der Waals surface area contributed by atoms with E-state index in [1.807, 2.05) is 57.2 Å². The van der Waals surface area contributed by atoms with Crippen LogP contribution in [-0.4, -0.2) is 29.7 Å². The molecule has 4 nitrogen and oxygen atoms in total. The molecule has 0 atom stereocenters. The summed E-state index contributed by atoms with van der Waals surface area (Å²) in [7, 11) is 0. The van der Waals surface area contributed by atoms with E-state index < -0.39 is 5.60 Å². The fourth-order valence-electron chi connectivity index (χ4n) is 2.90. The van der Waals surface area contributed by atoms with Crippen molar-refractivity contribution in [3.63, 3.8) is 0 Å². The third kappa shape index (κ3) is 5.36. The number of hydrogen-bond donors (Lipinski definition) is 0. The summed E-state index contributed by atoms with van der Waals surface area (Å²) in [5, 5.41) is 0. The third-order valence-corrected chi connectivity index (χ3v) is 4.34. The van der Waals surface area contributed by atoms with Crippen LogP contribution in [0.5, 0.6) is 11.5 Å². The molecule has 1 aliphatic heterocycles. The first kappa shape index (κ1) is 19.0. The van der Waals surface area contributed by atoms with Crippen LogP contribution in [0.4, 0.5) is 4.79 Å². The molecule has 0 fully saturated rings. The maximum absolute atomic E-state index is 12.2. The number of carbonyl (C=O) groups is 1. The number of hydrogen-bond acceptors (Lipinski definition) is 3. The van der Waals surface area contributed by atoms with Crippen molar-refractivity contribution in [3.05, 3.63) is 65.7 Å². The zero-order valence-electron chi connectivity index (χ0n) is 16.5. The van der Waals surface area contributed by atoms with Crippen molar-refractivity contribution in [2.75, 3.05) is 13.1 Å². The van der Waals surface area contributed by atoms with E-state index in [0.717, 1.165) is 23.5 Å². The first-order valence-corrected chi connectivity index (χ1v) is 9.32. The van der Waals surface area contributed by atoms with Gasteiger partial charge in [0, 0.05) is 13.1 Å². The van der Waals surface area contributed by atoms with Crippen LogP contribution >= 0.6 is 0 Å². The molecule has 0 saturated carbocycles. The molecular weight excluding hydrogens is 338 g/mol. The van der Waals surface area contributed by atoms with Crippen LogP contribution in [0.3, 0.4) is 0 Å². The maximum atomic E-state index is 12.2. The fourth-order valence-corrected chi connectivity index (χ4v) is 2.90. The van der Waals surface area contributed by atoms with E-state index in [9.17, 15) is 4.79 Å². The number of amides is 1. The van der Waals surface area contributed by atoms with Gasteiger partial charge in [-0.15, -0.1) is 0 Å². The van der Waals surface area contributed by atoms with Crippen molar-refractivity contribution in [2.45, 2.75) is 39.7 Å². The van der Waals surface area contributed by atoms with Crippen molar-refractivity contribution in [1.29, 1.82) is 0 Å². The van der Waals surface area contributed by atoms with E-state index in [1.165, 1.54) is 11.1 Å². The zero-order chi connectivity index (χ0) is 19.4.